The highest BCUT2D eigenvalue weighted by Gasteiger charge is 2.46. The maximum atomic E-state index is 11.4. The number of aromatic nitrogens is 3. The molecule has 1 saturated heterocycles. The molecule has 7 nitrogen and oxygen atoms in total. The Hall–Kier alpha value is -1.96. The summed E-state index contributed by atoms with van der Waals surface area (Å²) in [4.78, 5) is 11.9. The lowest BCUT2D eigenvalue weighted by atomic mass is 9.90. The van der Waals surface area contributed by atoms with E-state index in [0.717, 1.165) is 66.8 Å². The zero-order valence-electron chi connectivity index (χ0n) is 17.7. The van der Waals surface area contributed by atoms with Crippen molar-refractivity contribution in [3.63, 3.8) is 0 Å². The molecule has 3 unspecified atom stereocenters. The Kier molecular flexibility index (Phi) is 5.29. The van der Waals surface area contributed by atoms with Crippen molar-refractivity contribution in [1.82, 2.24) is 15.1 Å². The lowest BCUT2D eigenvalue weighted by Crippen LogP contribution is -2.35. The van der Waals surface area contributed by atoms with E-state index < -0.39 is 10.8 Å². The fourth-order valence-corrected chi connectivity index (χ4v) is 5.10. The van der Waals surface area contributed by atoms with E-state index in [4.69, 9.17) is 9.26 Å². The van der Waals surface area contributed by atoms with Crippen molar-refractivity contribution in [2.24, 2.45) is 17.8 Å². The molecule has 2 aromatic rings. The quantitative estimate of drug-likeness (QED) is 0.633. The van der Waals surface area contributed by atoms with Crippen LogP contribution in [-0.4, -0.2) is 45.3 Å². The van der Waals surface area contributed by atoms with Crippen LogP contribution in [0.1, 0.15) is 51.3 Å². The van der Waals surface area contributed by atoms with Crippen LogP contribution in [0.25, 0.3) is 0 Å². The predicted octanol–water partition coefficient (Wildman–Crippen LogP) is 3.58. The van der Waals surface area contributed by atoms with Gasteiger partial charge < -0.3 is 14.2 Å². The van der Waals surface area contributed by atoms with Crippen molar-refractivity contribution >= 4 is 16.7 Å². The van der Waals surface area contributed by atoms with Crippen LogP contribution in [0.2, 0.25) is 0 Å². The van der Waals surface area contributed by atoms with E-state index in [2.05, 4.69) is 26.9 Å². The lowest BCUT2D eigenvalue weighted by molar-refractivity contribution is 0.275. The molecule has 0 N–H and O–H groups in total. The average molecular weight is 431 g/mol. The van der Waals surface area contributed by atoms with Gasteiger partial charge in [0.15, 0.2) is 0 Å². The smallest absolute Gasteiger partial charge is 0.266 e. The topological polar surface area (TPSA) is 81.4 Å². The Morgan fingerprint density at radius 3 is 2.77 bits per heavy atom. The third-order valence-electron chi connectivity index (χ3n) is 7.12. The number of hydrogen-bond acceptors (Lipinski definition) is 7. The zero-order chi connectivity index (χ0) is 20.7. The first kappa shape index (κ1) is 20.0. The van der Waals surface area contributed by atoms with E-state index in [-0.39, 0.29) is 5.41 Å². The van der Waals surface area contributed by atoms with E-state index in [0.29, 0.717) is 12.5 Å². The van der Waals surface area contributed by atoms with E-state index in [1.54, 1.807) is 12.5 Å². The van der Waals surface area contributed by atoms with Gasteiger partial charge in [-0.05, 0) is 67.5 Å². The van der Waals surface area contributed by atoms with Gasteiger partial charge in [0.05, 0.1) is 22.3 Å². The number of ether oxygens (including phenoxy) is 1. The summed E-state index contributed by atoms with van der Waals surface area (Å²) in [6.07, 6.45) is 10.4. The fourth-order valence-electron chi connectivity index (χ4n) is 4.64. The Morgan fingerprint density at radius 1 is 1.30 bits per heavy atom. The molecule has 2 aliphatic carbocycles. The number of pyridine rings is 1. The zero-order valence-corrected chi connectivity index (χ0v) is 18.6. The van der Waals surface area contributed by atoms with Crippen molar-refractivity contribution in [3.05, 3.63) is 24.2 Å². The molecule has 30 heavy (non-hydrogen) atoms. The van der Waals surface area contributed by atoms with Gasteiger partial charge in [-0.2, -0.15) is 4.98 Å². The van der Waals surface area contributed by atoms with Gasteiger partial charge in [-0.15, -0.1) is 0 Å². The van der Waals surface area contributed by atoms with Gasteiger partial charge in [0.1, 0.15) is 0 Å². The number of anilines is 1. The van der Waals surface area contributed by atoms with E-state index >= 15 is 0 Å². The molecular weight excluding hydrogens is 400 g/mol. The van der Waals surface area contributed by atoms with Crippen LogP contribution in [0, 0.1) is 17.8 Å². The second-order valence-electron chi connectivity index (χ2n) is 9.37. The summed E-state index contributed by atoms with van der Waals surface area (Å²) in [5.74, 6) is 4.62. The van der Waals surface area contributed by atoms with Crippen molar-refractivity contribution in [2.45, 2.75) is 55.8 Å². The summed E-state index contributed by atoms with van der Waals surface area (Å²) < 4.78 is 22.7. The molecule has 8 heteroatoms. The molecule has 3 heterocycles. The fraction of sp³-hybridized carbons (Fsp3) is 0.682. The molecule has 0 radical (unpaired) electrons. The minimum Gasteiger partial charge on any atom is -0.478 e. The SMILES string of the molecule is CS(=O)c1ccc(OCCC2CC2C2CCN(c3noc(C4(C)CC4)n3)CC2)nc1. The first-order chi connectivity index (χ1) is 14.5. The van der Waals surface area contributed by atoms with E-state index in [9.17, 15) is 4.21 Å². The van der Waals surface area contributed by atoms with Crippen LogP contribution in [-0.2, 0) is 16.2 Å². The summed E-state index contributed by atoms with van der Waals surface area (Å²) in [6.45, 7) is 4.95. The number of piperidine rings is 1. The molecule has 5 rings (SSSR count). The van der Waals surface area contributed by atoms with E-state index in [1.807, 2.05) is 12.1 Å². The van der Waals surface area contributed by atoms with Crippen LogP contribution in [0.3, 0.4) is 0 Å². The minimum atomic E-state index is -0.998. The largest absolute Gasteiger partial charge is 0.478 e. The Labute approximate surface area is 180 Å². The summed E-state index contributed by atoms with van der Waals surface area (Å²) in [7, 11) is -0.998. The molecule has 3 aliphatic rings. The van der Waals surface area contributed by atoms with Crippen LogP contribution < -0.4 is 9.64 Å². The van der Waals surface area contributed by atoms with Crippen LogP contribution >= 0.6 is 0 Å². The molecule has 3 fully saturated rings. The normalized spacial score (nSPS) is 26.4. The number of hydrogen-bond donors (Lipinski definition) is 0. The minimum absolute atomic E-state index is 0.138. The van der Waals surface area contributed by atoms with Gasteiger partial charge in [0, 0.05) is 37.0 Å². The second-order valence-corrected chi connectivity index (χ2v) is 10.7. The molecule has 2 saturated carbocycles. The van der Waals surface area contributed by atoms with Gasteiger partial charge in [0.25, 0.3) is 5.95 Å². The van der Waals surface area contributed by atoms with Crippen LogP contribution in [0.15, 0.2) is 27.7 Å². The molecule has 0 bridgehead atoms. The molecule has 0 aromatic carbocycles. The van der Waals surface area contributed by atoms with Gasteiger partial charge in [-0.25, -0.2) is 4.98 Å². The highest BCUT2D eigenvalue weighted by molar-refractivity contribution is 7.84. The molecular formula is C22H30N4O3S. The number of nitrogens with zero attached hydrogens (tertiary/aromatic N) is 4. The second kappa shape index (κ2) is 7.94. The van der Waals surface area contributed by atoms with Crippen LogP contribution in [0.5, 0.6) is 5.88 Å². The Morgan fingerprint density at radius 2 is 2.10 bits per heavy atom. The first-order valence-electron chi connectivity index (χ1n) is 11.0. The molecule has 3 atom stereocenters. The average Bonchev–Trinajstić information content (AvgIpc) is 3.65. The van der Waals surface area contributed by atoms with Gasteiger partial charge in [0.2, 0.25) is 11.8 Å². The van der Waals surface area contributed by atoms with Crippen molar-refractivity contribution in [2.75, 3.05) is 30.9 Å². The monoisotopic (exact) mass is 430 g/mol. The molecule has 2 aromatic heterocycles. The first-order valence-corrected chi connectivity index (χ1v) is 12.6. The Bertz CT molecular complexity index is 903. The van der Waals surface area contributed by atoms with Crippen LogP contribution in [0.4, 0.5) is 5.95 Å². The molecule has 162 valence electrons. The van der Waals surface area contributed by atoms with Crippen molar-refractivity contribution in [1.29, 1.82) is 0 Å². The van der Waals surface area contributed by atoms with Gasteiger partial charge in [-0.3, -0.25) is 4.21 Å². The lowest BCUT2D eigenvalue weighted by Gasteiger charge is -2.31. The standard InChI is InChI=1S/C22H30N4O3S/c1-22(8-9-22)20-24-21(25-29-20)26-10-5-15(6-11-26)18-13-16(18)7-12-28-19-4-3-17(14-23-19)30(2)27/h3-4,14-16,18H,5-13H2,1-2H3. The van der Waals surface area contributed by atoms with Gasteiger partial charge >= 0.3 is 0 Å². The number of rotatable bonds is 8. The molecule has 0 amide bonds. The highest BCUT2D eigenvalue weighted by Crippen LogP contribution is 2.50. The maximum Gasteiger partial charge on any atom is 0.266 e. The van der Waals surface area contributed by atoms with E-state index in [1.165, 1.54) is 19.3 Å². The van der Waals surface area contributed by atoms with Crippen molar-refractivity contribution < 1.29 is 13.5 Å². The van der Waals surface area contributed by atoms with Gasteiger partial charge in [-0.1, -0.05) is 6.92 Å². The summed E-state index contributed by atoms with van der Waals surface area (Å²) in [5, 5.41) is 4.23. The maximum absolute atomic E-state index is 11.4. The summed E-state index contributed by atoms with van der Waals surface area (Å²) >= 11 is 0. The predicted molar refractivity (Wildman–Crippen MR) is 114 cm³/mol. The molecule has 1 aliphatic heterocycles. The third-order valence-corrected chi connectivity index (χ3v) is 8.02. The van der Waals surface area contributed by atoms with Crippen molar-refractivity contribution in [3.8, 4) is 5.88 Å². The third kappa shape index (κ3) is 4.24. The highest BCUT2D eigenvalue weighted by atomic mass is 32.2. The Balaban J connectivity index is 1.03. The molecule has 0 spiro atoms. The summed E-state index contributed by atoms with van der Waals surface area (Å²) in [5.41, 5.74) is 0.138. The summed E-state index contributed by atoms with van der Waals surface area (Å²) in [6, 6.07) is 3.63.